The molecule has 1 fully saturated rings. The van der Waals surface area contributed by atoms with E-state index >= 15 is 0 Å². The normalized spacial score (nSPS) is 17.6. The Bertz CT molecular complexity index is 361. The standard InChI is InChI=1S/C13H18N2O2/c1-11(17-12-5-3-2-4-6-12)13(16)15-9-7-14-8-10-15/h2-6,11,14H,7-10H2,1H3. The minimum atomic E-state index is -0.421. The highest BCUT2D eigenvalue weighted by molar-refractivity contribution is 5.81. The molecular formula is C13H18N2O2. The van der Waals surface area contributed by atoms with Crippen molar-refractivity contribution in [2.45, 2.75) is 13.0 Å². The minimum Gasteiger partial charge on any atom is -0.481 e. The van der Waals surface area contributed by atoms with Gasteiger partial charge in [0.15, 0.2) is 6.10 Å². The van der Waals surface area contributed by atoms with Crippen molar-refractivity contribution in [1.29, 1.82) is 0 Å². The van der Waals surface area contributed by atoms with Crippen LogP contribution in [0.15, 0.2) is 30.3 Å². The maximum absolute atomic E-state index is 12.1. The highest BCUT2D eigenvalue weighted by Crippen LogP contribution is 2.12. The third kappa shape index (κ3) is 3.20. The lowest BCUT2D eigenvalue weighted by atomic mass is 10.3. The van der Waals surface area contributed by atoms with Crippen LogP contribution in [0.5, 0.6) is 5.75 Å². The van der Waals surface area contributed by atoms with Crippen molar-refractivity contribution in [2.75, 3.05) is 26.2 Å². The molecule has 17 heavy (non-hydrogen) atoms. The average Bonchev–Trinajstić information content (AvgIpc) is 2.40. The van der Waals surface area contributed by atoms with Crippen molar-refractivity contribution in [1.82, 2.24) is 10.2 Å². The predicted molar refractivity (Wildman–Crippen MR) is 66.0 cm³/mol. The van der Waals surface area contributed by atoms with Gasteiger partial charge in [0, 0.05) is 26.2 Å². The van der Waals surface area contributed by atoms with Gasteiger partial charge in [0.05, 0.1) is 0 Å². The molecule has 0 saturated carbocycles. The Balaban J connectivity index is 1.90. The largest absolute Gasteiger partial charge is 0.481 e. The molecule has 1 aromatic rings. The van der Waals surface area contributed by atoms with Crippen molar-refractivity contribution < 1.29 is 9.53 Å². The number of hydrogen-bond acceptors (Lipinski definition) is 3. The Labute approximate surface area is 102 Å². The monoisotopic (exact) mass is 234 g/mol. The van der Waals surface area contributed by atoms with Gasteiger partial charge in [-0.05, 0) is 19.1 Å². The third-order valence-corrected chi connectivity index (χ3v) is 2.83. The Morgan fingerprint density at radius 1 is 1.29 bits per heavy atom. The van der Waals surface area contributed by atoms with E-state index in [2.05, 4.69) is 5.32 Å². The van der Waals surface area contributed by atoms with E-state index in [4.69, 9.17) is 4.74 Å². The molecule has 1 aliphatic heterocycles. The summed E-state index contributed by atoms with van der Waals surface area (Å²) in [5.74, 6) is 0.804. The summed E-state index contributed by atoms with van der Waals surface area (Å²) in [7, 11) is 0. The van der Waals surface area contributed by atoms with Gasteiger partial charge in [-0.3, -0.25) is 4.79 Å². The quantitative estimate of drug-likeness (QED) is 0.844. The number of hydrogen-bond donors (Lipinski definition) is 1. The number of nitrogens with one attached hydrogen (secondary N) is 1. The van der Waals surface area contributed by atoms with Gasteiger partial charge < -0.3 is 15.0 Å². The van der Waals surface area contributed by atoms with Crippen LogP contribution >= 0.6 is 0 Å². The zero-order valence-corrected chi connectivity index (χ0v) is 10.1. The van der Waals surface area contributed by atoms with Crippen molar-refractivity contribution in [3.63, 3.8) is 0 Å². The summed E-state index contributed by atoms with van der Waals surface area (Å²) < 4.78 is 5.62. The van der Waals surface area contributed by atoms with Crippen LogP contribution in [-0.2, 0) is 4.79 Å². The summed E-state index contributed by atoms with van der Waals surface area (Å²) in [6, 6.07) is 9.45. The van der Waals surface area contributed by atoms with E-state index in [1.807, 2.05) is 35.2 Å². The molecule has 1 saturated heterocycles. The van der Waals surface area contributed by atoms with Gasteiger partial charge in [0.2, 0.25) is 0 Å². The van der Waals surface area contributed by atoms with E-state index in [9.17, 15) is 4.79 Å². The summed E-state index contributed by atoms with van der Waals surface area (Å²) in [5.41, 5.74) is 0. The highest BCUT2D eigenvalue weighted by Gasteiger charge is 2.23. The summed E-state index contributed by atoms with van der Waals surface area (Å²) in [4.78, 5) is 13.9. The first-order valence-corrected chi connectivity index (χ1v) is 5.98. The molecule has 1 heterocycles. The second kappa shape index (κ2) is 5.68. The smallest absolute Gasteiger partial charge is 0.263 e. The third-order valence-electron chi connectivity index (χ3n) is 2.83. The maximum atomic E-state index is 12.1. The number of rotatable bonds is 3. The highest BCUT2D eigenvalue weighted by atomic mass is 16.5. The Morgan fingerprint density at radius 2 is 1.94 bits per heavy atom. The second-order valence-electron chi connectivity index (χ2n) is 4.15. The minimum absolute atomic E-state index is 0.0651. The zero-order valence-electron chi connectivity index (χ0n) is 10.1. The lowest BCUT2D eigenvalue weighted by molar-refractivity contribution is -0.138. The van der Waals surface area contributed by atoms with Crippen LogP contribution in [0.3, 0.4) is 0 Å². The molecule has 1 atom stereocenters. The molecule has 0 aliphatic carbocycles. The number of nitrogens with zero attached hydrogens (tertiary/aromatic N) is 1. The molecular weight excluding hydrogens is 216 g/mol. The molecule has 4 nitrogen and oxygen atoms in total. The van der Waals surface area contributed by atoms with Crippen molar-refractivity contribution in [2.24, 2.45) is 0 Å². The summed E-state index contributed by atoms with van der Waals surface area (Å²) in [6.07, 6.45) is -0.421. The van der Waals surface area contributed by atoms with Crippen molar-refractivity contribution in [3.05, 3.63) is 30.3 Å². The number of benzene rings is 1. The summed E-state index contributed by atoms with van der Waals surface area (Å²) in [6.45, 7) is 5.06. The molecule has 4 heteroatoms. The van der Waals surface area contributed by atoms with Gasteiger partial charge in [0.25, 0.3) is 5.91 Å². The molecule has 1 amide bonds. The van der Waals surface area contributed by atoms with Crippen LogP contribution in [0.4, 0.5) is 0 Å². The molecule has 0 radical (unpaired) electrons. The molecule has 92 valence electrons. The number of para-hydroxylation sites is 1. The molecule has 0 spiro atoms. The Hall–Kier alpha value is -1.55. The lowest BCUT2D eigenvalue weighted by Crippen LogP contribution is -2.50. The molecule has 1 aliphatic rings. The molecule has 2 rings (SSSR count). The molecule has 0 bridgehead atoms. The number of carbonyl (C=O) groups excluding carboxylic acids is 1. The summed E-state index contributed by atoms with van der Waals surface area (Å²) >= 11 is 0. The average molecular weight is 234 g/mol. The van der Waals surface area contributed by atoms with Crippen molar-refractivity contribution in [3.8, 4) is 5.75 Å². The fraction of sp³-hybridized carbons (Fsp3) is 0.462. The van der Waals surface area contributed by atoms with E-state index in [0.29, 0.717) is 0 Å². The Kier molecular flexibility index (Phi) is 3.98. The first-order valence-electron chi connectivity index (χ1n) is 5.98. The van der Waals surface area contributed by atoms with E-state index in [0.717, 1.165) is 31.9 Å². The van der Waals surface area contributed by atoms with E-state index in [1.165, 1.54) is 0 Å². The number of amides is 1. The van der Waals surface area contributed by atoms with E-state index in [1.54, 1.807) is 6.92 Å². The summed E-state index contributed by atoms with van der Waals surface area (Å²) in [5, 5.41) is 3.22. The molecule has 0 aromatic heterocycles. The van der Waals surface area contributed by atoms with Gasteiger partial charge in [-0.25, -0.2) is 0 Å². The van der Waals surface area contributed by atoms with Crippen LogP contribution in [0.25, 0.3) is 0 Å². The molecule has 1 unspecified atom stereocenters. The molecule has 1 N–H and O–H groups in total. The van der Waals surface area contributed by atoms with Crippen LogP contribution in [0, 0.1) is 0 Å². The second-order valence-corrected chi connectivity index (χ2v) is 4.15. The van der Waals surface area contributed by atoms with E-state index < -0.39 is 6.10 Å². The van der Waals surface area contributed by atoms with Crippen LogP contribution in [0.1, 0.15) is 6.92 Å². The van der Waals surface area contributed by atoms with Gasteiger partial charge in [-0.2, -0.15) is 0 Å². The zero-order chi connectivity index (χ0) is 12.1. The number of carbonyl (C=O) groups is 1. The topological polar surface area (TPSA) is 41.6 Å². The Morgan fingerprint density at radius 3 is 2.59 bits per heavy atom. The first kappa shape index (κ1) is 11.9. The SMILES string of the molecule is CC(Oc1ccccc1)C(=O)N1CCNCC1. The van der Waals surface area contributed by atoms with Crippen molar-refractivity contribution >= 4 is 5.91 Å². The number of ether oxygens (including phenoxy) is 1. The van der Waals surface area contributed by atoms with Crippen LogP contribution in [0.2, 0.25) is 0 Å². The fourth-order valence-electron chi connectivity index (χ4n) is 1.90. The van der Waals surface area contributed by atoms with Gasteiger partial charge in [-0.15, -0.1) is 0 Å². The first-order chi connectivity index (χ1) is 8.27. The van der Waals surface area contributed by atoms with Gasteiger partial charge >= 0.3 is 0 Å². The van der Waals surface area contributed by atoms with Crippen LogP contribution < -0.4 is 10.1 Å². The lowest BCUT2D eigenvalue weighted by Gasteiger charge is -2.29. The van der Waals surface area contributed by atoms with Gasteiger partial charge in [-0.1, -0.05) is 18.2 Å². The van der Waals surface area contributed by atoms with Gasteiger partial charge in [0.1, 0.15) is 5.75 Å². The van der Waals surface area contributed by atoms with E-state index in [-0.39, 0.29) is 5.91 Å². The molecule has 1 aromatic carbocycles. The predicted octanol–water partition coefficient (Wildman–Crippen LogP) is 0.886. The number of piperazine rings is 1. The maximum Gasteiger partial charge on any atom is 0.263 e. The van der Waals surface area contributed by atoms with Crippen LogP contribution in [-0.4, -0.2) is 43.1 Å². The fourth-order valence-corrected chi connectivity index (χ4v) is 1.90.